The summed E-state index contributed by atoms with van der Waals surface area (Å²) in [6.07, 6.45) is 34.2. The van der Waals surface area contributed by atoms with Crippen molar-refractivity contribution in [3.63, 3.8) is 0 Å². The fraction of sp³-hybridized carbons (Fsp3) is 0.946. The van der Waals surface area contributed by atoms with Crippen LogP contribution >= 0.6 is 0 Å². The number of likely N-dealkylation sites (N-methyl/N-ethyl adjacent to an activating group) is 3. The molecule has 404 valence electrons. The van der Waals surface area contributed by atoms with Gasteiger partial charge in [-0.05, 0) is 72.4 Å². The number of carbonyl (C=O) groups is 3. The van der Waals surface area contributed by atoms with Gasteiger partial charge >= 0.3 is 0 Å². The van der Waals surface area contributed by atoms with Gasteiger partial charge in [0.15, 0.2) is 0 Å². The van der Waals surface area contributed by atoms with Gasteiger partial charge in [-0.2, -0.15) is 0 Å². The molecule has 0 aromatic heterocycles. The van der Waals surface area contributed by atoms with Crippen molar-refractivity contribution in [2.24, 2.45) is 0 Å². The van der Waals surface area contributed by atoms with Crippen LogP contribution in [-0.4, -0.2) is 181 Å². The van der Waals surface area contributed by atoms with Gasteiger partial charge in [0.1, 0.15) is 18.3 Å². The Morgan fingerprint density at radius 1 is 0.294 bits per heavy atom. The van der Waals surface area contributed by atoms with E-state index in [0.29, 0.717) is 45.7 Å². The summed E-state index contributed by atoms with van der Waals surface area (Å²) >= 11 is 0. The predicted octanol–water partition coefficient (Wildman–Crippen LogP) is 10.2. The molecule has 3 amide bonds. The van der Waals surface area contributed by atoms with Gasteiger partial charge in [-0.1, -0.05) is 194 Å². The first kappa shape index (κ1) is 66.2. The van der Waals surface area contributed by atoms with Gasteiger partial charge in [-0.3, -0.25) is 19.3 Å². The van der Waals surface area contributed by atoms with Gasteiger partial charge in [-0.15, -0.1) is 0 Å². The highest BCUT2D eigenvalue weighted by atomic mass is 16.3. The SMILES string of the molecule is CCCCCCCCCCCCN(C)C(=O)C(O)CN(CCCN(C)C)CCCN(CC(O)C(=O)N(C)CCCCCCCCCCCC)CC(O)C(=O)N(C)CCCCCCCCCCCC. The van der Waals surface area contributed by atoms with E-state index in [0.717, 1.165) is 64.3 Å². The van der Waals surface area contributed by atoms with Crippen molar-refractivity contribution >= 4 is 17.7 Å². The molecule has 68 heavy (non-hydrogen) atoms. The van der Waals surface area contributed by atoms with Gasteiger partial charge in [0.25, 0.3) is 17.7 Å². The number of aliphatic hydroxyl groups is 3. The number of hydrogen-bond donors (Lipinski definition) is 3. The van der Waals surface area contributed by atoms with Crippen LogP contribution in [0.1, 0.15) is 226 Å². The number of rotatable bonds is 50. The Kier molecular flexibility index (Phi) is 45.0. The van der Waals surface area contributed by atoms with Crippen LogP contribution in [0.4, 0.5) is 0 Å². The Labute approximate surface area is 420 Å². The first-order chi connectivity index (χ1) is 32.8. The van der Waals surface area contributed by atoms with Crippen LogP contribution in [0.5, 0.6) is 0 Å². The quantitative estimate of drug-likeness (QED) is 0.0510. The zero-order valence-electron chi connectivity index (χ0n) is 46.2. The van der Waals surface area contributed by atoms with Gasteiger partial charge in [-0.25, -0.2) is 0 Å². The maximum Gasteiger partial charge on any atom is 0.252 e. The topological polar surface area (TPSA) is 131 Å². The van der Waals surface area contributed by atoms with Crippen molar-refractivity contribution in [2.45, 2.75) is 245 Å². The van der Waals surface area contributed by atoms with Crippen LogP contribution < -0.4 is 0 Å². The fourth-order valence-corrected chi connectivity index (χ4v) is 9.25. The monoisotopic (exact) mass is 967 g/mol. The fourth-order valence-electron chi connectivity index (χ4n) is 9.25. The van der Waals surface area contributed by atoms with E-state index in [1.54, 1.807) is 35.8 Å². The van der Waals surface area contributed by atoms with E-state index in [2.05, 4.69) is 30.6 Å². The zero-order chi connectivity index (χ0) is 50.6. The third-order valence-electron chi connectivity index (χ3n) is 13.8. The molecule has 0 aliphatic carbocycles. The van der Waals surface area contributed by atoms with Gasteiger partial charge < -0.3 is 39.8 Å². The average Bonchev–Trinajstić information content (AvgIpc) is 3.31. The van der Waals surface area contributed by atoms with Gasteiger partial charge in [0, 0.05) is 60.4 Å². The van der Waals surface area contributed by atoms with Gasteiger partial charge in [0.2, 0.25) is 0 Å². The molecule has 3 N–H and O–H groups in total. The molecule has 0 bridgehead atoms. The second-order valence-electron chi connectivity index (χ2n) is 20.9. The smallest absolute Gasteiger partial charge is 0.252 e. The third kappa shape index (κ3) is 37.9. The molecule has 0 aromatic rings. The molecule has 0 rings (SSSR count). The average molecular weight is 968 g/mol. The summed E-state index contributed by atoms with van der Waals surface area (Å²) < 4.78 is 0. The molecular weight excluding hydrogens is 853 g/mol. The van der Waals surface area contributed by atoms with Crippen LogP contribution in [-0.2, 0) is 14.4 Å². The molecule has 12 heteroatoms. The molecule has 12 nitrogen and oxygen atoms in total. The van der Waals surface area contributed by atoms with Crippen LogP contribution in [0, 0.1) is 0 Å². The molecule has 0 spiro atoms. The van der Waals surface area contributed by atoms with Crippen molar-refractivity contribution in [2.75, 3.05) is 101 Å². The van der Waals surface area contributed by atoms with Crippen molar-refractivity contribution in [3.8, 4) is 0 Å². The summed E-state index contributed by atoms with van der Waals surface area (Å²) in [5, 5.41) is 33.8. The van der Waals surface area contributed by atoms with E-state index in [1.807, 2.05) is 19.0 Å². The maximum atomic E-state index is 13.5. The Hall–Kier alpha value is -1.83. The zero-order valence-corrected chi connectivity index (χ0v) is 46.2. The van der Waals surface area contributed by atoms with E-state index in [1.165, 1.54) is 141 Å². The lowest BCUT2D eigenvalue weighted by atomic mass is 10.1. The minimum Gasteiger partial charge on any atom is -0.382 e. The second kappa shape index (κ2) is 46.3. The second-order valence-corrected chi connectivity index (χ2v) is 20.9. The number of nitrogens with zero attached hydrogens (tertiary/aromatic N) is 6. The standard InChI is InChI=1S/C56H114N6O6/c1-9-12-15-18-21-24-27-30-33-36-42-58(6)54(66)51(63)48-61(45-39-41-57(4)5)46-40-47-62(49-52(64)55(67)59(7)43-37-34-31-28-25-22-19-16-13-10-2)50-53(65)56(68)60(8)44-38-35-32-29-26-23-20-17-14-11-3/h51-53,63-65H,9-50H2,1-8H3. The summed E-state index contributed by atoms with van der Waals surface area (Å²) in [6.45, 7) is 11.3. The summed E-state index contributed by atoms with van der Waals surface area (Å²) in [7, 11) is 9.35. The predicted molar refractivity (Wildman–Crippen MR) is 287 cm³/mol. The van der Waals surface area contributed by atoms with Crippen molar-refractivity contribution in [3.05, 3.63) is 0 Å². The molecule has 0 aliphatic heterocycles. The minimum absolute atomic E-state index is 0.000797. The highest BCUT2D eigenvalue weighted by Gasteiger charge is 2.28. The first-order valence-corrected chi connectivity index (χ1v) is 28.7. The molecule has 0 aromatic carbocycles. The molecule has 3 atom stereocenters. The molecular formula is C56H114N6O6. The van der Waals surface area contributed by atoms with E-state index in [4.69, 9.17) is 0 Å². The lowest BCUT2D eigenvalue weighted by Crippen LogP contribution is -2.49. The molecule has 0 fully saturated rings. The van der Waals surface area contributed by atoms with Crippen molar-refractivity contribution in [1.29, 1.82) is 0 Å². The Balaban J connectivity index is 5.46. The Bertz CT molecular complexity index is 1110. The lowest BCUT2D eigenvalue weighted by molar-refractivity contribution is -0.142. The number of carbonyl (C=O) groups excluding carboxylic acids is 3. The lowest BCUT2D eigenvalue weighted by Gasteiger charge is -2.31. The third-order valence-corrected chi connectivity index (χ3v) is 13.8. The molecule has 3 unspecified atom stereocenters. The molecule has 0 saturated carbocycles. The summed E-state index contributed by atoms with van der Waals surface area (Å²) in [5.74, 6) is -0.954. The minimum atomic E-state index is -1.29. The molecule has 0 aliphatic rings. The van der Waals surface area contributed by atoms with Crippen molar-refractivity contribution < 1.29 is 29.7 Å². The molecule has 0 saturated heterocycles. The van der Waals surface area contributed by atoms with Crippen LogP contribution in [0.2, 0.25) is 0 Å². The highest BCUT2D eigenvalue weighted by molar-refractivity contribution is 5.81. The summed E-state index contributed by atoms with van der Waals surface area (Å²) in [5.41, 5.74) is 0. The van der Waals surface area contributed by atoms with Crippen LogP contribution in [0.3, 0.4) is 0 Å². The Morgan fingerprint density at radius 3 is 0.779 bits per heavy atom. The number of unbranched alkanes of at least 4 members (excludes halogenated alkanes) is 27. The number of aliphatic hydroxyl groups excluding tert-OH is 3. The Morgan fingerprint density at radius 2 is 0.515 bits per heavy atom. The largest absolute Gasteiger partial charge is 0.382 e. The summed E-state index contributed by atoms with van der Waals surface area (Å²) in [4.78, 5) is 51.3. The van der Waals surface area contributed by atoms with Crippen LogP contribution in [0.15, 0.2) is 0 Å². The number of hydrogen-bond acceptors (Lipinski definition) is 9. The maximum absolute atomic E-state index is 13.5. The van der Waals surface area contributed by atoms with E-state index in [9.17, 15) is 29.7 Å². The highest BCUT2D eigenvalue weighted by Crippen LogP contribution is 2.15. The summed E-state index contributed by atoms with van der Waals surface area (Å²) in [6, 6.07) is 0. The molecule has 0 radical (unpaired) electrons. The van der Waals surface area contributed by atoms with Gasteiger partial charge in [0.05, 0.1) is 0 Å². The van der Waals surface area contributed by atoms with Crippen LogP contribution in [0.25, 0.3) is 0 Å². The molecule has 0 heterocycles. The first-order valence-electron chi connectivity index (χ1n) is 28.7. The van der Waals surface area contributed by atoms with E-state index in [-0.39, 0.29) is 37.4 Å². The van der Waals surface area contributed by atoms with E-state index >= 15 is 0 Å². The normalized spacial score (nSPS) is 13.1. The van der Waals surface area contributed by atoms with E-state index < -0.39 is 18.3 Å². The number of amides is 3. The van der Waals surface area contributed by atoms with Crippen molar-refractivity contribution in [1.82, 2.24) is 29.4 Å².